The molecule has 0 aliphatic carbocycles. The zero-order chi connectivity index (χ0) is 76.5. The van der Waals surface area contributed by atoms with Crippen LogP contribution >= 0.6 is 15.6 Å². The predicted octanol–water partition coefficient (Wildman–Crippen LogP) is 25.7. The molecule has 19 heteroatoms. The lowest BCUT2D eigenvalue weighted by Crippen LogP contribution is -2.30. The van der Waals surface area contributed by atoms with Gasteiger partial charge in [-0.15, -0.1) is 0 Å². The summed E-state index contributed by atoms with van der Waals surface area (Å²) >= 11 is 0. The third-order valence-corrected chi connectivity index (χ3v) is 21.8. The van der Waals surface area contributed by atoms with Crippen molar-refractivity contribution in [2.75, 3.05) is 39.6 Å². The largest absolute Gasteiger partial charge is 0.472 e. The second-order valence-electron chi connectivity index (χ2n) is 32.0. The van der Waals surface area contributed by atoms with Crippen LogP contribution in [0.2, 0.25) is 0 Å². The van der Waals surface area contributed by atoms with Gasteiger partial charge in [0.25, 0.3) is 0 Å². The van der Waals surface area contributed by atoms with Crippen LogP contribution in [-0.2, 0) is 65.4 Å². The van der Waals surface area contributed by atoms with Crippen molar-refractivity contribution in [2.45, 2.75) is 465 Å². The fourth-order valence-corrected chi connectivity index (χ4v) is 14.8. The Morgan fingerprint density at radius 2 is 0.442 bits per heavy atom. The molecule has 0 fully saturated rings. The molecule has 0 saturated carbocycles. The highest BCUT2D eigenvalue weighted by atomic mass is 31.2. The van der Waals surface area contributed by atoms with Gasteiger partial charge in [-0.05, 0) is 43.4 Å². The third-order valence-electron chi connectivity index (χ3n) is 19.9. The van der Waals surface area contributed by atoms with Gasteiger partial charge < -0.3 is 33.8 Å². The van der Waals surface area contributed by atoms with Gasteiger partial charge in [0.15, 0.2) is 12.2 Å². The summed E-state index contributed by atoms with van der Waals surface area (Å²) in [6.45, 7) is 12.0. The van der Waals surface area contributed by atoms with Gasteiger partial charge in [0.05, 0.1) is 26.4 Å². The summed E-state index contributed by atoms with van der Waals surface area (Å²) in [6, 6.07) is 0. The number of rotatable bonds is 83. The number of unbranched alkanes of at least 4 members (excludes halogenated alkanes) is 51. The van der Waals surface area contributed by atoms with Crippen LogP contribution in [0.4, 0.5) is 0 Å². The Morgan fingerprint density at radius 1 is 0.260 bits per heavy atom. The zero-order valence-electron chi connectivity index (χ0n) is 68.5. The van der Waals surface area contributed by atoms with Crippen LogP contribution in [0.25, 0.3) is 0 Å². The Hall–Kier alpha value is -1.94. The SMILES string of the molecule is CCCCCCCCCCCCC(=O)OC[C@H](COP(=O)(O)OC[C@H](O)COP(=O)(O)OC[C@@H](COC(=O)CCCCCCCCCCCCCCCCCC(C)C)OC(=O)CCCCCCCCCCCCCCCCCCC(C)C)OC(=O)CCCCCCCCCCCCCCCCC(C)C. The zero-order valence-corrected chi connectivity index (χ0v) is 70.3. The summed E-state index contributed by atoms with van der Waals surface area (Å²) in [7, 11) is -9.93. The van der Waals surface area contributed by atoms with Crippen LogP contribution in [0.1, 0.15) is 447 Å². The van der Waals surface area contributed by atoms with Crippen molar-refractivity contribution in [3.8, 4) is 0 Å². The van der Waals surface area contributed by atoms with Crippen molar-refractivity contribution in [3.63, 3.8) is 0 Å². The Morgan fingerprint density at radius 3 is 0.654 bits per heavy atom. The van der Waals surface area contributed by atoms with Crippen molar-refractivity contribution < 1.29 is 80.2 Å². The van der Waals surface area contributed by atoms with Crippen molar-refractivity contribution in [1.29, 1.82) is 0 Å². The van der Waals surface area contributed by atoms with Crippen molar-refractivity contribution in [2.24, 2.45) is 17.8 Å². The average molecular weight is 1520 g/mol. The Kier molecular flexibility index (Phi) is 73.7. The monoisotopic (exact) mass is 1520 g/mol. The van der Waals surface area contributed by atoms with E-state index in [-0.39, 0.29) is 25.7 Å². The first kappa shape index (κ1) is 102. The highest BCUT2D eigenvalue weighted by Gasteiger charge is 2.30. The molecule has 3 N–H and O–H groups in total. The third kappa shape index (κ3) is 78.2. The lowest BCUT2D eigenvalue weighted by Gasteiger charge is -2.21. The van der Waals surface area contributed by atoms with Gasteiger partial charge in [-0.3, -0.25) is 37.3 Å². The van der Waals surface area contributed by atoms with Crippen LogP contribution in [0.15, 0.2) is 0 Å². The maximum Gasteiger partial charge on any atom is 0.472 e. The van der Waals surface area contributed by atoms with E-state index in [1.165, 1.54) is 257 Å². The topological polar surface area (TPSA) is 237 Å². The maximum absolute atomic E-state index is 13.1. The first-order valence-electron chi connectivity index (χ1n) is 43.8. The van der Waals surface area contributed by atoms with Crippen molar-refractivity contribution in [1.82, 2.24) is 0 Å². The standard InChI is InChI=1S/C85H166O17P2/c1-8-9-10-11-12-13-38-45-52-59-66-82(87)95-72-80(101-85(90)69-62-55-48-41-34-28-22-21-25-31-37-44-51-58-65-78(6)7)74-99-103(91,92)97-70-79(86)71-98-104(93,94)100-75-81(73-96-83(88)67-60-53-46-39-32-26-20-16-18-24-30-36-43-50-57-64-77(4)5)102-84(89)68-61-54-47-40-33-27-19-15-14-17-23-29-35-42-49-56-63-76(2)3/h76-81,86H,8-75H2,1-7H3,(H,91,92)(H,93,94)/t79-,80+,81+/m0/s1. The Balaban J connectivity index is 5.24. The molecule has 17 nitrogen and oxygen atoms in total. The molecule has 104 heavy (non-hydrogen) atoms. The van der Waals surface area contributed by atoms with E-state index in [9.17, 15) is 43.2 Å². The number of hydrogen-bond acceptors (Lipinski definition) is 15. The molecule has 618 valence electrons. The molecule has 0 saturated heterocycles. The lowest BCUT2D eigenvalue weighted by atomic mass is 10.0. The summed E-state index contributed by atoms with van der Waals surface area (Å²) in [5.74, 6) is 0.306. The van der Waals surface area contributed by atoms with Gasteiger partial charge >= 0.3 is 39.5 Å². The number of phosphoric ester groups is 2. The highest BCUT2D eigenvalue weighted by molar-refractivity contribution is 7.47. The fraction of sp³-hybridized carbons (Fsp3) is 0.953. The van der Waals surface area contributed by atoms with E-state index < -0.39 is 97.5 Å². The molecule has 0 aromatic heterocycles. The molecule has 0 bridgehead atoms. The normalized spacial score (nSPS) is 13.9. The molecule has 0 aromatic carbocycles. The summed E-state index contributed by atoms with van der Waals surface area (Å²) in [5.41, 5.74) is 0. The molecular weight excluding hydrogens is 1350 g/mol. The summed E-state index contributed by atoms with van der Waals surface area (Å²) in [5, 5.41) is 10.7. The van der Waals surface area contributed by atoms with E-state index in [2.05, 4.69) is 48.5 Å². The molecule has 2 unspecified atom stereocenters. The van der Waals surface area contributed by atoms with E-state index in [1.807, 2.05) is 0 Å². The number of hydrogen-bond donors (Lipinski definition) is 3. The van der Waals surface area contributed by atoms with Gasteiger partial charge in [-0.1, -0.05) is 395 Å². The van der Waals surface area contributed by atoms with Gasteiger partial charge in [0, 0.05) is 25.7 Å². The van der Waals surface area contributed by atoms with Gasteiger partial charge in [-0.25, -0.2) is 9.13 Å². The number of ether oxygens (including phenoxy) is 4. The molecule has 0 heterocycles. The van der Waals surface area contributed by atoms with Crippen LogP contribution < -0.4 is 0 Å². The van der Waals surface area contributed by atoms with Crippen LogP contribution in [0, 0.1) is 17.8 Å². The van der Waals surface area contributed by atoms with E-state index in [0.717, 1.165) is 108 Å². The predicted molar refractivity (Wildman–Crippen MR) is 428 cm³/mol. The molecule has 0 amide bonds. The van der Waals surface area contributed by atoms with Gasteiger partial charge in [0.2, 0.25) is 0 Å². The summed E-state index contributed by atoms with van der Waals surface area (Å²) < 4.78 is 68.9. The first-order valence-corrected chi connectivity index (χ1v) is 46.8. The summed E-state index contributed by atoms with van der Waals surface area (Å²) in [4.78, 5) is 73.2. The van der Waals surface area contributed by atoms with Crippen LogP contribution in [0.3, 0.4) is 0 Å². The second-order valence-corrected chi connectivity index (χ2v) is 34.9. The van der Waals surface area contributed by atoms with E-state index in [1.54, 1.807) is 0 Å². The minimum Gasteiger partial charge on any atom is -0.462 e. The number of carbonyl (C=O) groups excluding carboxylic acids is 4. The number of esters is 4. The second kappa shape index (κ2) is 75.1. The average Bonchev–Trinajstić information content (AvgIpc) is 0.903. The number of aliphatic hydroxyl groups excluding tert-OH is 1. The molecule has 0 aromatic rings. The quantitative estimate of drug-likeness (QED) is 0.0222. The Bertz CT molecular complexity index is 2010. The number of carbonyl (C=O) groups is 4. The molecular formula is C85H166O17P2. The molecule has 0 aliphatic rings. The van der Waals surface area contributed by atoms with Crippen molar-refractivity contribution >= 4 is 39.5 Å². The maximum atomic E-state index is 13.1. The van der Waals surface area contributed by atoms with Crippen LogP contribution in [-0.4, -0.2) is 96.7 Å². The molecule has 0 aliphatic heterocycles. The van der Waals surface area contributed by atoms with E-state index >= 15 is 0 Å². The minimum absolute atomic E-state index is 0.108. The number of aliphatic hydroxyl groups is 1. The first-order chi connectivity index (χ1) is 50.2. The molecule has 5 atom stereocenters. The van der Waals surface area contributed by atoms with Crippen molar-refractivity contribution in [3.05, 3.63) is 0 Å². The Labute approximate surface area is 638 Å². The fourth-order valence-electron chi connectivity index (χ4n) is 13.2. The highest BCUT2D eigenvalue weighted by Crippen LogP contribution is 2.45. The van der Waals surface area contributed by atoms with Gasteiger partial charge in [-0.2, -0.15) is 0 Å². The van der Waals surface area contributed by atoms with Gasteiger partial charge in [0.1, 0.15) is 19.3 Å². The lowest BCUT2D eigenvalue weighted by molar-refractivity contribution is -0.161. The van der Waals surface area contributed by atoms with E-state index in [0.29, 0.717) is 25.7 Å². The smallest absolute Gasteiger partial charge is 0.462 e. The summed E-state index contributed by atoms with van der Waals surface area (Å²) in [6.07, 6.45) is 65.2. The molecule has 0 rings (SSSR count). The molecule has 0 radical (unpaired) electrons. The van der Waals surface area contributed by atoms with Crippen LogP contribution in [0.5, 0.6) is 0 Å². The minimum atomic E-state index is -4.97. The number of phosphoric acid groups is 2. The molecule has 0 spiro atoms. The van der Waals surface area contributed by atoms with E-state index in [4.69, 9.17) is 37.0 Å².